The summed E-state index contributed by atoms with van der Waals surface area (Å²) in [4.78, 5) is 0. The Labute approximate surface area is 142 Å². The summed E-state index contributed by atoms with van der Waals surface area (Å²) in [6.07, 6.45) is 0.530. The van der Waals surface area contributed by atoms with E-state index < -0.39 is 7.12 Å². The first kappa shape index (κ1) is 17.0. The number of aryl methyl sites for hydroxylation is 1. The Morgan fingerprint density at radius 3 is 2.21 bits per heavy atom. The van der Waals surface area contributed by atoms with Crippen LogP contribution < -0.4 is 5.32 Å². The average molecular weight is 326 g/mol. The van der Waals surface area contributed by atoms with E-state index in [0.717, 1.165) is 0 Å². The Morgan fingerprint density at radius 2 is 1.58 bits per heavy atom. The molecule has 0 unspecified atom stereocenters. The van der Waals surface area contributed by atoms with Crippen molar-refractivity contribution < 1.29 is 14.8 Å². The molecule has 24 heavy (non-hydrogen) atoms. The van der Waals surface area contributed by atoms with Gasteiger partial charge in [-0.15, -0.1) is 0 Å². The van der Waals surface area contributed by atoms with E-state index in [2.05, 4.69) is 46.3 Å². The summed E-state index contributed by atoms with van der Waals surface area (Å²) >= 11 is 0. The van der Waals surface area contributed by atoms with Crippen LogP contribution in [-0.4, -0.2) is 48.1 Å². The molecule has 0 amide bonds. The molecule has 2 aromatic carbocycles. The molecular formula is C18H23BN2O3. The van der Waals surface area contributed by atoms with E-state index in [4.69, 9.17) is 9.76 Å². The number of fused-ring (bicyclic) bond motifs is 3. The molecule has 3 N–H and O–H groups in total. The third-order valence-corrected chi connectivity index (χ3v) is 4.16. The summed E-state index contributed by atoms with van der Waals surface area (Å²) < 4.78 is 7.65. The summed E-state index contributed by atoms with van der Waals surface area (Å²) in [6.45, 7) is 2.39. The van der Waals surface area contributed by atoms with E-state index in [1.54, 1.807) is 0 Å². The van der Waals surface area contributed by atoms with Crippen molar-refractivity contribution in [2.75, 3.05) is 26.3 Å². The molecule has 0 aliphatic carbocycles. The molecule has 1 heterocycles. The fourth-order valence-corrected chi connectivity index (χ4v) is 3.04. The first-order chi connectivity index (χ1) is 11.8. The number of aliphatic hydroxyl groups excluding tert-OH is 1. The molecule has 0 atom stereocenters. The largest absolute Gasteiger partial charge is 0.456 e. The Kier molecular flexibility index (Phi) is 5.88. The second-order valence-electron chi connectivity index (χ2n) is 5.77. The highest BCUT2D eigenvalue weighted by Crippen LogP contribution is 2.28. The van der Waals surface area contributed by atoms with Gasteiger partial charge >= 0.3 is 7.12 Å². The average Bonchev–Trinajstić information content (AvgIpc) is 2.94. The van der Waals surface area contributed by atoms with E-state index in [9.17, 15) is 5.02 Å². The predicted molar refractivity (Wildman–Crippen MR) is 98.1 cm³/mol. The third kappa shape index (κ3) is 3.79. The molecule has 3 aromatic rings. The second kappa shape index (κ2) is 8.30. The highest BCUT2D eigenvalue weighted by atomic mass is 16.5. The van der Waals surface area contributed by atoms with Crippen LogP contribution in [0.1, 0.15) is 0 Å². The van der Waals surface area contributed by atoms with Crippen LogP contribution in [-0.2, 0) is 11.2 Å². The van der Waals surface area contributed by atoms with Crippen LogP contribution >= 0.6 is 0 Å². The van der Waals surface area contributed by atoms with E-state index in [1.807, 2.05) is 12.1 Å². The highest BCUT2D eigenvalue weighted by Gasteiger charge is 2.15. The molecule has 0 aliphatic heterocycles. The van der Waals surface area contributed by atoms with Crippen molar-refractivity contribution in [2.24, 2.45) is 0 Å². The van der Waals surface area contributed by atoms with Gasteiger partial charge in [-0.05, 0) is 12.1 Å². The van der Waals surface area contributed by atoms with Gasteiger partial charge in [-0.3, -0.25) is 0 Å². The third-order valence-electron chi connectivity index (χ3n) is 4.16. The van der Waals surface area contributed by atoms with Crippen LogP contribution in [0.5, 0.6) is 0 Å². The van der Waals surface area contributed by atoms with Gasteiger partial charge in [0, 0.05) is 54.4 Å². The molecule has 5 nitrogen and oxygen atoms in total. The van der Waals surface area contributed by atoms with Crippen molar-refractivity contribution in [1.29, 1.82) is 0 Å². The van der Waals surface area contributed by atoms with E-state index in [-0.39, 0.29) is 6.61 Å². The van der Waals surface area contributed by atoms with Crippen molar-refractivity contribution in [2.45, 2.75) is 12.9 Å². The summed E-state index contributed by atoms with van der Waals surface area (Å²) in [5.74, 6) is 0. The Balaban J connectivity index is 1.66. The molecule has 6 heteroatoms. The number of benzene rings is 2. The molecule has 1 aromatic heterocycles. The quantitative estimate of drug-likeness (QED) is 0.415. The van der Waals surface area contributed by atoms with Gasteiger partial charge in [0.2, 0.25) is 0 Å². The molecule has 0 bridgehead atoms. The van der Waals surface area contributed by atoms with Crippen LogP contribution in [0, 0.1) is 0 Å². The van der Waals surface area contributed by atoms with Gasteiger partial charge in [0.25, 0.3) is 0 Å². The van der Waals surface area contributed by atoms with Crippen LogP contribution in [0.15, 0.2) is 48.5 Å². The van der Waals surface area contributed by atoms with Gasteiger partial charge in [0.15, 0.2) is 0 Å². The molecule has 0 saturated heterocycles. The zero-order valence-corrected chi connectivity index (χ0v) is 13.7. The maximum absolute atomic E-state index is 10.0. The monoisotopic (exact) mass is 326 g/mol. The van der Waals surface area contributed by atoms with Gasteiger partial charge in [-0.25, -0.2) is 0 Å². The smallest absolute Gasteiger partial charge is 0.427 e. The summed E-state index contributed by atoms with van der Waals surface area (Å²) in [5, 5.41) is 24.2. The first-order valence-electron chi connectivity index (χ1n) is 8.38. The maximum atomic E-state index is 10.0. The minimum atomic E-state index is -0.791. The fraction of sp³-hybridized carbons (Fsp3) is 0.333. The number of aromatic nitrogens is 1. The van der Waals surface area contributed by atoms with Gasteiger partial charge < -0.3 is 24.7 Å². The summed E-state index contributed by atoms with van der Waals surface area (Å²) in [5.41, 5.74) is 2.35. The number of aliphatic hydroxyl groups is 1. The standard InChI is InChI=1S/C18H23BN2O3/c22-13-10-20-11-14-24-19(23)9-12-21-17-7-3-1-5-15(17)16-6-2-4-8-18(16)21/h1-8,20,22-23H,9-14H2. The van der Waals surface area contributed by atoms with Gasteiger partial charge in [-0.2, -0.15) is 0 Å². The van der Waals surface area contributed by atoms with E-state index in [0.29, 0.717) is 32.6 Å². The zero-order valence-electron chi connectivity index (χ0n) is 13.7. The molecule has 0 fully saturated rings. The zero-order chi connectivity index (χ0) is 16.8. The Bertz CT molecular complexity index is 737. The number of nitrogens with one attached hydrogen (secondary N) is 1. The summed E-state index contributed by atoms with van der Waals surface area (Å²) in [7, 11) is -0.791. The van der Waals surface area contributed by atoms with E-state index >= 15 is 0 Å². The lowest BCUT2D eigenvalue weighted by Crippen LogP contribution is -2.27. The lowest BCUT2D eigenvalue weighted by atomic mass is 9.85. The topological polar surface area (TPSA) is 66.7 Å². The molecule has 126 valence electrons. The number of hydrogen-bond acceptors (Lipinski definition) is 4. The number of hydrogen-bond donors (Lipinski definition) is 3. The predicted octanol–water partition coefficient (Wildman–Crippen LogP) is 1.87. The van der Waals surface area contributed by atoms with E-state index in [1.165, 1.54) is 21.8 Å². The highest BCUT2D eigenvalue weighted by molar-refractivity contribution is 6.42. The summed E-state index contributed by atoms with van der Waals surface area (Å²) in [6, 6.07) is 16.7. The van der Waals surface area contributed by atoms with Crippen LogP contribution in [0.25, 0.3) is 21.8 Å². The lowest BCUT2D eigenvalue weighted by molar-refractivity contribution is 0.246. The lowest BCUT2D eigenvalue weighted by Gasteiger charge is -2.11. The number of nitrogens with zero attached hydrogens (tertiary/aromatic N) is 1. The minimum absolute atomic E-state index is 0.107. The molecule has 0 saturated carbocycles. The Morgan fingerprint density at radius 1 is 0.958 bits per heavy atom. The van der Waals surface area contributed by atoms with Crippen molar-refractivity contribution in [3.05, 3.63) is 48.5 Å². The number of rotatable bonds is 9. The Hall–Kier alpha value is -1.86. The second-order valence-corrected chi connectivity index (χ2v) is 5.77. The minimum Gasteiger partial charge on any atom is -0.427 e. The molecule has 3 rings (SSSR count). The van der Waals surface area contributed by atoms with Gasteiger partial charge in [0.1, 0.15) is 0 Å². The van der Waals surface area contributed by atoms with Crippen LogP contribution in [0.4, 0.5) is 0 Å². The van der Waals surface area contributed by atoms with Crippen LogP contribution in [0.3, 0.4) is 0 Å². The SMILES string of the molecule is OCCNCCOB(O)CCn1c2ccccc2c2ccccc21. The van der Waals surface area contributed by atoms with Crippen LogP contribution in [0.2, 0.25) is 6.32 Å². The molecular weight excluding hydrogens is 303 g/mol. The fourth-order valence-electron chi connectivity index (χ4n) is 3.04. The number of para-hydroxylation sites is 2. The van der Waals surface area contributed by atoms with Crippen molar-refractivity contribution in [3.8, 4) is 0 Å². The maximum Gasteiger partial charge on any atom is 0.456 e. The van der Waals surface area contributed by atoms with Crippen molar-refractivity contribution in [1.82, 2.24) is 9.88 Å². The van der Waals surface area contributed by atoms with Gasteiger partial charge in [0.05, 0.1) is 6.61 Å². The van der Waals surface area contributed by atoms with Gasteiger partial charge in [-0.1, -0.05) is 36.4 Å². The molecule has 0 aliphatic rings. The normalized spacial score (nSPS) is 11.4. The molecule has 0 radical (unpaired) electrons. The van der Waals surface area contributed by atoms with Crippen molar-refractivity contribution >= 4 is 28.9 Å². The molecule has 0 spiro atoms. The van der Waals surface area contributed by atoms with Crippen molar-refractivity contribution in [3.63, 3.8) is 0 Å². The first-order valence-corrected chi connectivity index (χ1v) is 8.38.